The van der Waals surface area contributed by atoms with Crippen LogP contribution in [0.4, 0.5) is 0 Å². The molecule has 0 aliphatic carbocycles. The Hall–Kier alpha value is -0.300. The normalized spacial score (nSPS) is 13.0. The van der Waals surface area contributed by atoms with E-state index in [1.54, 1.807) is 13.2 Å². The van der Waals surface area contributed by atoms with E-state index in [0.717, 1.165) is 25.7 Å². The summed E-state index contributed by atoms with van der Waals surface area (Å²) in [6, 6.07) is 0. The quantitative estimate of drug-likeness (QED) is 0.516. The van der Waals surface area contributed by atoms with Crippen LogP contribution in [0.25, 0.3) is 0 Å². The highest BCUT2D eigenvalue weighted by molar-refractivity contribution is 4.64. The van der Waals surface area contributed by atoms with Crippen LogP contribution in [-0.2, 0) is 4.74 Å². The van der Waals surface area contributed by atoms with Crippen molar-refractivity contribution in [1.29, 1.82) is 0 Å². The van der Waals surface area contributed by atoms with Crippen LogP contribution < -0.4 is 0 Å². The van der Waals surface area contributed by atoms with Gasteiger partial charge in [0.2, 0.25) is 0 Å². The predicted molar refractivity (Wildman–Crippen MR) is 43.8 cm³/mol. The van der Waals surface area contributed by atoms with Crippen molar-refractivity contribution in [2.24, 2.45) is 0 Å². The first-order valence-corrected chi connectivity index (χ1v) is 3.91. The Kier molecular flexibility index (Phi) is 6.61. The number of hydrogen-bond acceptors (Lipinski definition) is 1. The number of allylic oxidation sites excluding steroid dienone is 1. The SMILES string of the molecule is [CH]=CCCCC(CC)OC. The molecular formula is C9H17O. The van der Waals surface area contributed by atoms with Crippen LogP contribution in [0.3, 0.4) is 0 Å². The van der Waals surface area contributed by atoms with Crippen LogP contribution in [0.5, 0.6) is 0 Å². The summed E-state index contributed by atoms with van der Waals surface area (Å²) in [5.74, 6) is 0. The zero-order chi connectivity index (χ0) is 7.82. The topological polar surface area (TPSA) is 9.23 Å². The van der Waals surface area contributed by atoms with Gasteiger partial charge in [0.15, 0.2) is 0 Å². The monoisotopic (exact) mass is 141 g/mol. The number of rotatable bonds is 6. The predicted octanol–water partition coefficient (Wildman–Crippen LogP) is 2.57. The van der Waals surface area contributed by atoms with Crippen LogP contribution in [0.15, 0.2) is 6.08 Å². The third-order valence-electron chi connectivity index (χ3n) is 1.69. The molecule has 1 radical (unpaired) electrons. The van der Waals surface area contributed by atoms with Gasteiger partial charge in [-0.15, -0.1) is 0 Å². The van der Waals surface area contributed by atoms with Gasteiger partial charge in [0.1, 0.15) is 0 Å². The summed E-state index contributed by atoms with van der Waals surface area (Å²) in [6.07, 6.45) is 6.51. The Morgan fingerprint density at radius 3 is 2.70 bits per heavy atom. The van der Waals surface area contributed by atoms with E-state index in [0.29, 0.717) is 6.10 Å². The van der Waals surface area contributed by atoms with E-state index < -0.39 is 0 Å². The van der Waals surface area contributed by atoms with Crippen molar-refractivity contribution in [1.82, 2.24) is 0 Å². The lowest BCUT2D eigenvalue weighted by atomic mass is 10.1. The second kappa shape index (κ2) is 6.81. The Morgan fingerprint density at radius 1 is 1.60 bits per heavy atom. The second-order valence-corrected chi connectivity index (χ2v) is 2.43. The molecule has 1 heteroatoms. The van der Waals surface area contributed by atoms with E-state index in [2.05, 4.69) is 6.92 Å². The van der Waals surface area contributed by atoms with Gasteiger partial charge in [-0.1, -0.05) is 19.6 Å². The molecule has 0 saturated carbocycles. The Labute approximate surface area is 64.1 Å². The highest BCUT2D eigenvalue weighted by atomic mass is 16.5. The van der Waals surface area contributed by atoms with E-state index in [9.17, 15) is 0 Å². The molecule has 0 spiro atoms. The molecule has 0 N–H and O–H groups in total. The molecule has 0 saturated heterocycles. The number of ether oxygens (including phenoxy) is 1. The smallest absolute Gasteiger partial charge is 0.0568 e. The molecule has 1 atom stereocenters. The largest absolute Gasteiger partial charge is 0.381 e. The summed E-state index contributed by atoms with van der Waals surface area (Å²) >= 11 is 0. The average molecular weight is 141 g/mol. The summed E-state index contributed by atoms with van der Waals surface area (Å²) in [6.45, 7) is 7.37. The summed E-state index contributed by atoms with van der Waals surface area (Å²) in [4.78, 5) is 0. The van der Waals surface area contributed by atoms with Crippen molar-refractivity contribution in [3.8, 4) is 0 Å². The standard InChI is InChI=1S/C9H17O/c1-4-6-7-8-9(5-2)10-3/h1,4,9H,5-8H2,2-3H3. The van der Waals surface area contributed by atoms with E-state index in [-0.39, 0.29) is 0 Å². The summed E-state index contributed by atoms with van der Waals surface area (Å²) in [5.41, 5.74) is 0. The van der Waals surface area contributed by atoms with Crippen molar-refractivity contribution < 1.29 is 4.74 Å². The van der Waals surface area contributed by atoms with Crippen molar-refractivity contribution in [2.75, 3.05) is 7.11 Å². The summed E-state index contributed by atoms with van der Waals surface area (Å²) < 4.78 is 5.19. The Morgan fingerprint density at radius 2 is 2.30 bits per heavy atom. The van der Waals surface area contributed by atoms with Crippen molar-refractivity contribution >= 4 is 0 Å². The average Bonchev–Trinajstić information content (AvgIpc) is 1.99. The van der Waals surface area contributed by atoms with Crippen LogP contribution in [0.2, 0.25) is 0 Å². The Balaban J connectivity index is 3.16. The van der Waals surface area contributed by atoms with Crippen molar-refractivity contribution in [3.63, 3.8) is 0 Å². The number of hydrogen-bond donors (Lipinski definition) is 0. The molecule has 0 aromatic rings. The van der Waals surface area contributed by atoms with Gasteiger partial charge in [0.05, 0.1) is 6.10 Å². The molecule has 59 valence electrons. The van der Waals surface area contributed by atoms with E-state index >= 15 is 0 Å². The van der Waals surface area contributed by atoms with E-state index in [1.165, 1.54) is 0 Å². The fraction of sp³-hybridized carbons (Fsp3) is 0.778. The first-order valence-electron chi connectivity index (χ1n) is 3.91. The summed E-state index contributed by atoms with van der Waals surface area (Å²) in [7, 11) is 1.76. The van der Waals surface area contributed by atoms with Gasteiger partial charge in [0, 0.05) is 7.11 Å². The maximum atomic E-state index is 5.23. The lowest BCUT2D eigenvalue weighted by molar-refractivity contribution is 0.0906. The third kappa shape index (κ3) is 4.57. The molecule has 0 aromatic carbocycles. The van der Waals surface area contributed by atoms with Gasteiger partial charge in [-0.25, -0.2) is 0 Å². The Bertz CT molecular complexity index is 74.8. The molecule has 0 heterocycles. The van der Waals surface area contributed by atoms with Gasteiger partial charge >= 0.3 is 0 Å². The highest BCUT2D eigenvalue weighted by Gasteiger charge is 2.01. The zero-order valence-corrected chi connectivity index (χ0v) is 6.97. The van der Waals surface area contributed by atoms with Gasteiger partial charge in [0.25, 0.3) is 0 Å². The number of unbranched alkanes of at least 4 members (excludes halogenated alkanes) is 1. The minimum atomic E-state index is 0.431. The molecule has 0 rings (SSSR count). The zero-order valence-electron chi connectivity index (χ0n) is 6.97. The molecule has 10 heavy (non-hydrogen) atoms. The first-order chi connectivity index (χ1) is 4.85. The van der Waals surface area contributed by atoms with Crippen LogP contribution in [-0.4, -0.2) is 13.2 Å². The molecule has 0 aliphatic heterocycles. The lowest BCUT2D eigenvalue weighted by Gasteiger charge is -2.10. The van der Waals surface area contributed by atoms with Crippen LogP contribution in [0, 0.1) is 6.58 Å². The molecule has 0 bridgehead atoms. The van der Waals surface area contributed by atoms with Gasteiger partial charge in [-0.3, -0.25) is 0 Å². The lowest BCUT2D eigenvalue weighted by Crippen LogP contribution is -2.07. The molecule has 0 amide bonds. The fourth-order valence-corrected chi connectivity index (χ4v) is 0.952. The van der Waals surface area contributed by atoms with E-state index in [4.69, 9.17) is 11.3 Å². The summed E-state index contributed by atoms with van der Waals surface area (Å²) in [5, 5.41) is 0. The van der Waals surface area contributed by atoms with Crippen molar-refractivity contribution in [2.45, 2.75) is 38.7 Å². The second-order valence-electron chi connectivity index (χ2n) is 2.43. The van der Waals surface area contributed by atoms with Crippen molar-refractivity contribution in [3.05, 3.63) is 12.7 Å². The van der Waals surface area contributed by atoms with Gasteiger partial charge < -0.3 is 4.74 Å². The minimum absolute atomic E-state index is 0.431. The molecule has 0 fully saturated rings. The van der Waals surface area contributed by atoms with E-state index in [1.807, 2.05) is 0 Å². The first kappa shape index (κ1) is 9.70. The molecule has 0 aromatic heterocycles. The third-order valence-corrected chi connectivity index (χ3v) is 1.69. The van der Waals surface area contributed by atoms with Gasteiger partial charge in [-0.05, 0) is 25.7 Å². The molecule has 0 aliphatic rings. The highest BCUT2D eigenvalue weighted by Crippen LogP contribution is 2.06. The molecule has 1 unspecified atom stereocenters. The van der Waals surface area contributed by atoms with Crippen LogP contribution >= 0.6 is 0 Å². The fourth-order valence-electron chi connectivity index (χ4n) is 0.952. The van der Waals surface area contributed by atoms with Crippen LogP contribution in [0.1, 0.15) is 32.6 Å². The maximum Gasteiger partial charge on any atom is 0.0568 e. The molecule has 1 nitrogen and oxygen atoms in total. The molecular weight excluding hydrogens is 124 g/mol. The van der Waals surface area contributed by atoms with Gasteiger partial charge in [-0.2, -0.15) is 0 Å². The maximum absolute atomic E-state index is 5.23. The number of methoxy groups -OCH3 is 1. The minimum Gasteiger partial charge on any atom is -0.381 e.